The van der Waals surface area contributed by atoms with Crippen molar-refractivity contribution < 1.29 is 44.9 Å². The molecule has 0 aliphatic rings. The maximum absolute atomic E-state index is 13.7. The molecule has 2 N–H and O–H groups in total. The van der Waals surface area contributed by atoms with E-state index in [9.17, 15) is 27.2 Å². The Morgan fingerprint density at radius 2 is 1.78 bits per heavy atom. The summed E-state index contributed by atoms with van der Waals surface area (Å²) in [6.45, 7) is 3.13. The van der Waals surface area contributed by atoms with Crippen LogP contribution in [-0.2, 0) is 12.0 Å². The van der Waals surface area contributed by atoms with Gasteiger partial charge in [0.05, 0.1) is 38.9 Å². The molecule has 45 heavy (non-hydrogen) atoms. The lowest BCUT2D eigenvalue weighted by Crippen LogP contribution is -2.42. The van der Waals surface area contributed by atoms with E-state index in [1.54, 1.807) is 13.8 Å². The fourth-order valence-corrected chi connectivity index (χ4v) is 4.73. The van der Waals surface area contributed by atoms with Crippen molar-refractivity contribution in [3.8, 4) is 28.2 Å². The van der Waals surface area contributed by atoms with Crippen molar-refractivity contribution >= 4 is 22.9 Å². The molecule has 0 saturated heterocycles. The molecular weight excluding hydrogens is 598 g/mol. The molecule has 5 rings (SSSR count). The normalized spacial score (nSPS) is 13.2. The molecule has 0 fully saturated rings. The van der Waals surface area contributed by atoms with Gasteiger partial charge < -0.3 is 24.3 Å². The van der Waals surface area contributed by atoms with Crippen molar-refractivity contribution in [1.82, 2.24) is 25.8 Å². The number of hydrogen-bond acceptors (Lipinski definition) is 8. The van der Waals surface area contributed by atoms with E-state index in [0.29, 0.717) is 5.56 Å². The number of nitrogens with zero attached hydrogens (tertiary/aromatic N) is 3. The molecule has 0 radical (unpaired) electrons. The first kappa shape index (κ1) is 27.3. The van der Waals surface area contributed by atoms with Gasteiger partial charge in [-0.3, -0.25) is 9.59 Å². The lowest BCUT2D eigenvalue weighted by atomic mass is 9.96. The number of amides is 2. The lowest BCUT2D eigenvalue weighted by molar-refractivity contribution is -0.134. The highest BCUT2D eigenvalue weighted by Crippen LogP contribution is 2.38. The summed E-state index contributed by atoms with van der Waals surface area (Å²) in [6.07, 6.45) is -5.38. The second-order valence-corrected chi connectivity index (χ2v) is 10.5. The third-order valence-electron chi connectivity index (χ3n) is 6.96. The largest absolute Gasteiger partial charge is 0.496 e. The topological polar surface area (TPSA) is 132 Å². The van der Waals surface area contributed by atoms with Gasteiger partial charge in [-0.2, -0.15) is 18.2 Å². The van der Waals surface area contributed by atoms with Crippen molar-refractivity contribution in [2.24, 2.45) is 0 Å². The van der Waals surface area contributed by atoms with Crippen molar-refractivity contribution in [3.05, 3.63) is 83.4 Å². The molecule has 5 aromatic rings. The fourth-order valence-electron chi connectivity index (χ4n) is 4.73. The highest BCUT2D eigenvalue weighted by molar-refractivity contribution is 6.11. The number of furan rings is 1. The van der Waals surface area contributed by atoms with E-state index in [4.69, 9.17) is 17.8 Å². The Bertz CT molecular complexity index is 1980. The van der Waals surface area contributed by atoms with Gasteiger partial charge >= 0.3 is 6.18 Å². The third kappa shape index (κ3) is 6.49. The molecule has 3 heterocycles. The molecule has 0 atom stereocenters. The SMILES string of the molecule is [2H]C([2H])([2H])Oc1ccc(-c2cc3c(C(=O)NC)c(-c4ccc(F)cc4)oc3nc2CCC(F)(F)F)cc1C(=O)NC(C)(C)c1ncon1. The zero-order valence-corrected chi connectivity index (χ0v) is 24.0. The van der Waals surface area contributed by atoms with E-state index in [0.717, 1.165) is 18.5 Å². The molecule has 234 valence electrons. The van der Waals surface area contributed by atoms with E-state index < -0.39 is 49.2 Å². The predicted molar refractivity (Wildman–Crippen MR) is 154 cm³/mol. The molecular formula is C31H27F4N5O5. The monoisotopic (exact) mass is 628 g/mol. The smallest absolute Gasteiger partial charge is 0.389 e. The predicted octanol–water partition coefficient (Wildman–Crippen LogP) is 6.21. The molecule has 14 heteroatoms. The summed E-state index contributed by atoms with van der Waals surface area (Å²) in [5, 5.41) is 9.03. The zero-order chi connectivity index (χ0) is 35.0. The van der Waals surface area contributed by atoms with Crippen LogP contribution in [0.5, 0.6) is 5.75 Å². The van der Waals surface area contributed by atoms with Crippen LogP contribution in [0.25, 0.3) is 33.6 Å². The number of halogens is 4. The van der Waals surface area contributed by atoms with Gasteiger partial charge in [-0.05, 0) is 68.3 Å². The summed E-state index contributed by atoms with van der Waals surface area (Å²) in [4.78, 5) is 35.1. The molecule has 0 unspecified atom stereocenters. The molecule has 0 spiro atoms. The number of carbonyl (C=O) groups is 2. The number of ether oxygens (including phenoxy) is 1. The van der Waals surface area contributed by atoms with Crippen LogP contribution in [-0.4, -0.2) is 47.2 Å². The second-order valence-electron chi connectivity index (χ2n) is 10.5. The standard InChI is InChI=1S/C31H27F4N5O5/c1-30(2,29-37-15-44-40-29)39-26(41)20-13-17(7-10-23(20)43-4)19-14-21-24(27(42)36-3)25(16-5-8-18(32)9-6-16)45-28(21)38-22(19)11-12-31(33,34)35/h5-10,13-15H,11-12H2,1-4H3,(H,36,42)(H,39,41)/i4D3. The van der Waals surface area contributed by atoms with Gasteiger partial charge in [0.25, 0.3) is 11.8 Å². The molecule has 0 aliphatic heterocycles. The maximum atomic E-state index is 13.7. The van der Waals surface area contributed by atoms with Crippen LogP contribution in [0.1, 0.15) is 56.6 Å². The number of nitrogens with one attached hydrogen (secondary N) is 2. The number of benzene rings is 2. The summed E-state index contributed by atoms with van der Waals surface area (Å²) >= 11 is 0. The average molecular weight is 629 g/mol. The Morgan fingerprint density at radius 1 is 1.04 bits per heavy atom. The van der Waals surface area contributed by atoms with Crippen LogP contribution in [0.15, 0.2) is 63.9 Å². The van der Waals surface area contributed by atoms with Gasteiger partial charge in [-0.15, -0.1) is 0 Å². The molecule has 0 bridgehead atoms. The average Bonchev–Trinajstić information content (AvgIpc) is 3.68. The zero-order valence-electron chi connectivity index (χ0n) is 27.0. The van der Waals surface area contributed by atoms with Crippen molar-refractivity contribution in [2.75, 3.05) is 14.1 Å². The molecule has 3 aromatic heterocycles. The third-order valence-corrected chi connectivity index (χ3v) is 6.96. The summed E-state index contributed by atoms with van der Waals surface area (Å²) in [6, 6.07) is 10.2. The lowest BCUT2D eigenvalue weighted by Gasteiger charge is -2.23. The number of aromatic nitrogens is 3. The number of aryl methyl sites for hydroxylation is 1. The van der Waals surface area contributed by atoms with Crippen LogP contribution in [0.3, 0.4) is 0 Å². The van der Waals surface area contributed by atoms with Crippen LogP contribution in [0.2, 0.25) is 0 Å². The Labute approximate surface area is 258 Å². The van der Waals surface area contributed by atoms with Crippen LogP contribution < -0.4 is 15.4 Å². The minimum absolute atomic E-state index is 0.000889. The Kier molecular flexibility index (Phi) is 7.29. The first-order valence-electron chi connectivity index (χ1n) is 14.9. The number of alkyl halides is 3. The number of rotatable bonds is 9. The molecule has 2 aromatic carbocycles. The van der Waals surface area contributed by atoms with Gasteiger partial charge in [0.15, 0.2) is 5.82 Å². The van der Waals surface area contributed by atoms with Gasteiger partial charge in [0.2, 0.25) is 12.1 Å². The minimum atomic E-state index is -4.56. The van der Waals surface area contributed by atoms with Crippen LogP contribution >= 0.6 is 0 Å². The van der Waals surface area contributed by atoms with Gasteiger partial charge in [-0.25, -0.2) is 9.37 Å². The van der Waals surface area contributed by atoms with E-state index in [2.05, 4.69) is 25.8 Å². The van der Waals surface area contributed by atoms with Gasteiger partial charge in [0, 0.05) is 24.6 Å². The summed E-state index contributed by atoms with van der Waals surface area (Å²) < 4.78 is 92.5. The molecule has 2 amide bonds. The Morgan fingerprint density at radius 3 is 2.42 bits per heavy atom. The summed E-state index contributed by atoms with van der Waals surface area (Å²) in [7, 11) is -1.60. The summed E-state index contributed by atoms with van der Waals surface area (Å²) in [5.74, 6) is -2.23. The molecule has 0 aliphatic carbocycles. The van der Waals surface area contributed by atoms with Crippen LogP contribution in [0.4, 0.5) is 17.6 Å². The number of hydrogen-bond donors (Lipinski definition) is 2. The van der Waals surface area contributed by atoms with Crippen LogP contribution in [0, 0.1) is 5.82 Å². The number of fused-ring (bicyclic) bond motifs is 1. The molecule has 0 saturated carbocycles. The van der Waals surface area contributed by atoms with Crippen molar-refractivity contribution in [1.29, 1.82) is 0 Å². The maximum Gasteiger partial charge on any atom is 0.389 e. The fraction of sp³-hybridized carbons (Fsp3) is 0.258. The first-order valence-corrected chi connectivity index (χ1v) is 13.4. The van der Waals surface area contributed by atoms with E-state index in [1.807, 2.05) is 0 Å². The number of carbonyl (C=O) groups excluding carboxylic acids is 2. The quantitative estimate of drug-likeness (QED) is 0.184. The van der Waals surface area contributed by atoms with Gasteiger partial charge in [0.1, 0.15) is 17.3 Å². The van der Waals surface area contributed by atoms with Gasteiger partial charge in [-0.1, -0.05) is 11.2 Å². The highest BCUT2D eigenvalue weighted by atomic mass is 19.4. The van der Waals surface area contributed by atoms with E-state index in [-0.39, 0.29) is 56.4 Å². The minimum Gasteiger partial charge on any atom is -0.496 e. The highest BCUT2D eigenvalue weighted by Gasteiger charge is 2.31. The summed E-state index contributed by atoms with van der Waals surface area (Å²) in [5.41, 5.74) is -1.22. The molecule has 10 nitrogen and oxygen atoms in total. The first-order chi connectivity index (χ1) is 22.5. The second kappa shape index (κ2) is 12.0. The van der Waals surface area contributed by atoms with Crippen molar-refractivity contribution in [2.45, 2.75) is 38.4 Å². The van der Waals surface area contributed by atoms with E-state index >= 15 is 0 Å². The van der Waals surface area contributed by atoms with E-state index in [1.165, 1.54) is 43.4 Å². The number of pyridine rings is 1. The Balaban J connectivity index is 1.71. The van der Waals surface area contributed by atoms with Crippen molar-refractivity contribution in [3.63, 3.8) is 0 Å². The Hall–Kier alpha value is -5.27. The number of methoxy groups -OCH3 is 1.